The van der Waals surface area contributed by atoms with Crippen LogP contribution in [0.2, 0.25) is 5.02 Å². The number of amides is 6. The first-order chi connectivity index (χ1) is 46.7. The zero-order valence-corrected chi connectivity index (χ0v) is 57.5. The number of fused-ring (bicyclic) bond motifs is 1. The van der Waals surface area contributed by atoms with Gasteiger partial charge in [-0.25, -0.2) is 21.6 Å². The van der Waals surface area contributed by atoms with Gasteiger partial charge in [-0.2, -0.15) is 13.2 Å². The summed E-state index contributed by atoms with van der Waals surface area (Å²) in [6.07, 6.45) is 5.36. The summed E-state index contributed by atoms with van der Waals surface area (Å²) in [5.41, 5.74) is -0.258. The zero-order chi connectivity index (χ0) is 69.9. The minimum absolute atomic E-state index is 0.0106. The van der Waals surface area contributed by atoms with Crippen molar-refractivity contribution in [3.05, 3.63) is 160 Å². The summed E-state index contributed by atoms with van der Waals surface area (Å²) in [4.78, 5) is 83.1. The minimum atomic E-state index is -6.21. The van der Waals surface area contributed by atoms with Crippen molar-refractivity contribution in [2.45, 2.75) is 111 Å². The van der Waals surface area contributed by atoms with Crippen molar-refractivity contribution in [1.29, 1.82) is 0 Å². The predicted octanol–water partition coefficient (Wildman–Crippen LogP) is 9.08. The highest BCUT2D eigenvalue weighted by Crippen LogP contribution is 2.43. The molecule has 1 aliphatic carbocycles. The fraction of sp³-hybridized carbons (Fsp3) is 0.412. The second-order valence-electron chi connectivity index (χ2n) is 25.2. The molecule has 522 valence electrons. The number of nitrogens with one attached hydrogen (secondary N) is 4. The monoisotopic (exact) mass is 1430 g/mol. The smallest absolute Gasteiger partial charge is 0.382 e. The summed E-state index contributed by atoms with van der Waals surface area (Å²) in [6.45, 7) is 9.85. The van der Waals surface area contributed by atoms with E-state index in [1.165, 1.54) is 51.6 Å². The number of carbonyl (C=O) groups is 6. The number of carbonyl (C=O) groups excluding carboxylic acids is 6. The third-order valence-electron chi connectivity index (χ3n) is 17.5. The molecule has 0 spiro atoms. The van der Waals surface area contributed by atoms with E-state index in [1.807, 2.05) is 29.0 Å². The standard InChI is InChI=1S/C68H77ClF3N11O12S3/c1-67(2)28-26-54(45-14-18-48(69)19-15-45)47(40-67)41-80-32-34-81(35-33-80)51-20-16-46(17-21-51)63(86)77-98(92,93)53-22-23-56(59(39-53)97(90,91)68(70,71)72)74-49(44-96-52-9-5-4-6-10-52)27-31-79(3)61(85)13-8-30-82-42-50(76-78-82)43-95-38-37-94-36-29-73-57-12-7-11-55-62(57)66(89)83(65(55)88)58-24-25-60(84)75-64(58)87/h4-7,9-12,14-23,39,42,49,58,73-74H,8,13,24-38,40-41,43-44H2,1-3H3,(H,77,86)(H,75,84,87)/t49-,58-/m1/s1. The number of halogens is 4. The van der Waals surface area contributed by atoms with Crippen LogP contribution in [-0.2, 0) is 56.9 Å². The number of rotatable bonds is 30. The van der Waals surface area contributed by atoms with E-state index in [0.29, 0.717) is 48.5 Å². The van der Waals surface area contributed by atoms with E-state index in [1.54, 1.807) is 60.4 Å². The van der Waals surface area contributed by atoms with Gasteiger partial charge in [0.2, 0.25) is 17.7 Å². The lowest BCUT2D eigenvalue weighted by molar-refractivity contribution is -0.136. The van der Waals surface area contributed by atoms with Crippen LogP contribution < -0.4 is 25.6 Å². The topological polar surface area (TPSA) is 281 Å². The van der Waals surface area contributed by atoms with Crippen molar-refractivity contribution in [2.24, 2.45) is 5.41 Å². The van der Waals surface area contributed by atoms with Crippen molar-refractivity contribution < 1.29 is 68.2 Å². The van der Waals surface area contributed by atoms with Gasteiger partial charge in [-0.15, -0.1) is 16.9 Å². The van der Waals surface area contributed by atoms with Crippen LogP contribution in [0.5, 0.6) is 0 Å². The number of anilines is 3. The van der Waals surface area contributed by atoms with Crippen molar-refractivity contribution >= 4 is 101 Å². The number of thioether (sulfide) groups is 1. The highest BCUT2D eigenvalue weighted by atomic mass is 35.5. The molecule has 0 bridgehead atoms. The lowest BCUT2D eigenvalue weighted by Gasteiger charge is -2.39. The van der Waals surface area contributed by atoms with Crippen LogP contribution in [0.4, 0.5) is 30.2 Å². The van der Waals surface area contributed by atoms with Crippen molar-refractivity contribution in [3.8, 4) is 0 Å². The largest absolute Gasteiger partial charge is 0.501 e. The van der Waals surface area contributed by atoms with Gasteiger partial charge >= 0.3 is 5.51 Å². The van der Waals surface area contributed by atoms with Gasteiger partial charge in [0.15, 0.2) is 0 Å². The van der Waals surface area contributed by atoms with E-state index in [-0.39, 0.29) is 99.0 Å². The molecule has 23 nitrogen and oxygen atoms in total. The number of hydrogen-bond acceptors (Lipinski definition) is 19. The Bertz CT molecular complexity index is 4180. The first-order valence-electron chi connectivity index (χ1n) is 32.1. The third kappa shape index (κ3) is 18.2. The van der Waals surface area contributed by atoms with Crippen LogP contribution in [0.3, 0.4) is 0 Å². The minimum Gasteiger partial charge on any atom is -0.382 e. The lowest BCUT2D eigenvalue weighted by Crippen LogP contribution is -2.54. The molecule has 30 heteroatoms. The van der Waals surface area contributed by atoms with E-state index in [4.69, 9.17) is 21.1 Å². The fourth-order valence-electron chi connectivity index (χ4n) is 12.2. The molecule has 2 saturated heterocycles. The van der Waals surface area contributed by atoms with E-state index in [2.05, 4.69) is 62.0 Å². The number of piperazine rings is 1. The van der Waals surface area contributed by atoms with E-state index in [9.17, 15) is 58.8 Å². The first-order valence-corrected chi connectivity index (χ1v) is 36.4. The highest BCUT2D eigenvalue weighted by molar-refractivity contribution is 7.99. The number of aromatic nitrogens is 3. The maximum Gasteiger partial charge on any atom is 0.501 e. The van der Waals surface area contributed by atoms with Gasteiger partial charge in [0, 0.05) is 111 Å². The normalized spacial score (nSPS) is 17.2. The fourth-order valence-corrected chi connectivity index (χ4v) is 15.4. The predicted molar refractivity (Wildman–Crippen MR) is 364 cm³/mol. The summed E-state index contributed by atoms with van der Waals surface area (Å²) in [7, 11) is -9.61. The highest BCUT2D eigenvalue weighted by Gasteiger charge is 2.49. The van der Waals surface area contributed by atoms with Crippen molar-refractivity contribution in [3.63, 3.8) is 0 Å². The average Bonchev–Trinajstić information content (AvgIpc) is 1.41. The zero-order valence-electron chi connectivity index (χ0n) is 54.3. The van der Waals surface area contributed by atoms with Crippen LogP contribution in [0.1, 0.15) is 108 Å². The Hall–Kier alpha value is -8.19. The Balaban J connectivity index is 0.683. The van der Waals surface area contributed by atoms with Gasteiger partial charge in [0.1, 0.15) is 16.6 Å². The summed E-state index contributed by atoms with van der Waals surface area (Å²) in [5, 5.41) is 17.2. The molecule has 2 fully saturated rings. The van der Waals surface area contributed by atoms with Crippen LogP contribution in [0.15, 0.2) is 142 Å². The molecule has 3 aliphatic heterocycles. The number of sulfone groups is 1. The molecule has 0 unspecified atom stereocenters. The van der Waals surface area contributed by atoms with Crippen LogP contribution in [0.25, 0.3) is 5.57 Å². The lowest BCUT2D eigenvalue weighted by atomic mass is 9.73. The molecule has 4 heterocycles. The molecular weight excluding hydrogens is 1350 g/mol. The Labute approximate surface area is 576 Å². The first kappa shape index (κ1) is 72.6. The van der Waals surface area contributed by atoms with Crippen molar-refractivity contribution in [1.82, 2.24) is 39.7 Å². The summed E-state index contributed by atoms with van der Waals surface area (Å²) in [5.74, 6) is -3.55. The molecule has 0 radical (unpaired) electrons. The van der Waals surface area contributed by atoms with Crippen molar-refractivity contribution in [2.75, 3.05) is 94.0 Å². The van der Waals surface area contributed by atoms with Gasteiger partial charge < -0.3 is 29.9 Å². The summed E-state index contributed by atoms with van der Waals surface area (Å²) < 4.78 is 113. The van der Waals surface area contributed by atoms with Crippen LogP contribution in [-0.4, -0.2) is 178 Å². The average molecular weight is 1430 g/mol. The number of nitrogens with zero attached hydrogens (tertiary/aromatic N) is 7. The molecule has 5 aromatic carbocycles. The van der Waals surface area contributed by atoms with Gasteiger partial charge in [-0.3, -0.25) is 48.6 Å². The number of allylic oxidation sites excluding steroid dienone is 1. The second-order valence-corrected chi connectivity index (χ2v) is 30.3. The Kier molecular flexibility index (Phi) is 23.5. The quantitative estimate of drug-likeness (QED) is 0.0186. The molecule has 98 heavy (non-hydrogen) atoms. The van der Waals surface area contributed by atoms with Crippen LogP contribution in [0, 0.1) is 5.41 Å². The third-order valence-corrected chi connectivity index (χ3v) is 21.8. The molecule has 4 N–H and O–H groups in total. The molecule has 10 rings (SSSR count). The van der Waals surface area contributed by atoms with Gasteiger partial charge in [0.25, 0.3) is 37.6 Å². The Morgan fingerprint density at radius 3 is 2.32 bits per heavy atom. The Morgan fingerprint density at radius 1 is 0.857 bits per heavy atom. The molecule has 6 aromatic rings. The van der Waals surface area contributed by atoms with E-state index in [0.717, 1.165) is 66.5 Å². The molecule has 1 aromatic heterocycles. The SMILES string of the molecule is CN(CC[C@H](CSc1ccccc1)Nc1ccc(S(=O)(=O)NC(=O)c2ccc(N3CCN(CC4=C(c5ccc(Cl)cc5)CCC(C)(C)C4)CC3)cc2)cc1S(=O)(=O)C(F)(F)F)C(=O)CCCn1cc(COCCOCCNc2cccc3c2C(=O)N([C@@H]2CCC(=O)NC2=O)C3=O)nn1. The number of aryl methyl sites for hydroxylation is 1. The molecule has 2 atom stereocenters. The number of benzene rings is 5. The summed E-state index contributed by atoms with van der Waals surface area (Å²) >= 11 is 7.54. The number of alkyl halides is 3. The second kappa shape index (κ2) is 31.8. The van der Waals surface area contributed by atoms with E-state index >= 15 is 0 Å². The maximum absolute atomic E-state index is 14.5. The number of hydrogen-bond donors (Lipinski definition) is 4. The number of sulfonamides is 1. The van der Waals surface area contributed by atoms with Gasteiger partial charge in [-0.1, -0.05) is 72.6 Å². The maximum atomic E-state index is 14.5. The molecule has 4 aliphatic rings. The molecular formula is C68H77ClF3N11O12S3. The van der Waals surface area contributed by atoms with Gasteiger partial charge in [-0.05, 0) is 134 Å². The number of imide groups is 2. The Morgan fingerprint density at radius 2 is 1.59 bits per heavy atom. The van der Waals surface area contributed by atoms with E-state index < -0.39 is 82.5 Å². The van der Waals surface area contributed by atoms with Gasteiger partial charge in [0.05, 0.1) is 54.3 Å². The van der Waals surface area contributed by atoms with Crippen LogP contribution >= 0.6 is 23.4 Å². The summed E-state index contributed by atoms with van der Waals surface area (Å²) in [6, 6.07) is 28.5. The molecule has 0 saturated carbocycles. The number of ether oxygens (including phenoxy) is 2. The number of piperidine rings is 1. The molecule has 6 amide bonds.